The predicted molar refractivity (Wildman–Crippen MR) is 81.7 cm³/mol. The smallest absolute Gasteiger partial charge is 0.324 e. The van der Waals surface area contributed by atoms with E-state index in [2.05, 4.69) is 6.07 Å². The Morgan fingerprint density at radius 2 is 1.90 bits per heavy atom. The van der Waals surface area contributed by atoms with Crippen LogP contribution in [0, 0.1) is 13.8 Å². The molecule has 0 spiro atoms. The van der Waals surface area contributed by atoms with Crippen molar-refractivity contribution in [1.82, 2.24) is 4.90 Å². The Morgan fingerprint density at radius 1 is 1.29 bits per heavy atom. The van der Waals surface area contributed by atoms with E-state index in [0.29, 0.717) is 6.54 Å². The minimum atomic E-state index is -0.853. The molecular formula is C16H22N2O3. The number of carbonyl (C=O) groups is 2. The van der Waals surface area contributed by atoms with Gasteiger partial charge in [0.2, 0.25) is 0 Å². The van der Waals surface area contributed by atoms with Crippen LogP contribution >= 0.6 is 0 Å². The molecule has 1 aromatic carbocycles. The number of hydrogen-bond donors (Lipinski definition) is 1. The van der Waals surface area contributed by atoms with Gasteiger partial charge in [0.15, 0.2) is 0 Å². The van der Waals surface area contributed by atoms with Gasteiger partial charge in [-0.2, -0.15) is 0 Å². The molecular weight excluding hydrogens is 268 g/mol. The number of benzene rings is 1. The first-order chi connectivity index (χ1) is 9.88. The summed E-state index contributed by atoms with van der Waals surface area (Å²) in [5.74, 6) is -0.853. The number of nitrogens with zero attached hydrogens (tertiary/aromatic N) is 2. The number of aliphatic carboxylic acids is 1. The molecule has 1 heterocycles. The second-order valence-electron chi connectivity index (χ2n) is 5.77. The lowest BCUT2D eigenvalue weighted by molar-refractivity contribution is -0.137. The maximum atomic E-state index is 12.6. The van der Waals surface area contributed by atoms with Gasteiger partial charge >= 0.3 is 12.0 Å². The maximum Gasteiger partial charge on any atom is 0.324 e. The quantitative estimate of drug-likeness (QED) is 0.931. The topological polar surface area (TPSA) is 60.9 Å². The molecule has 21 heavy (non-hydrogen) atoms. The number of likely N-dealkylation sites (tertiary alicyclic amines) is 1. The van der Waals surface area contributed by atoms with Gasteiger partial charge in [0, 0.05) is 25.3 Å². The largest absolute Gasteiger partial charge is 0.481 e. The minimum Gasteiger partial charge on any atom is -0.481 e. The van der Waals surface area contributed by atoms with Crippen LogP contribution in [0.1, 0.15) is 30.4 Å². The Morgan fingerprint density at radius 3 is 2.48 bits per heavy atom. The van der Waals surface area contributed by atoms with Gasteiger partial charge in [-0.15, -0.1) is 0 Å². The maximum absolute atomic E-state index is 12.6. The minimum absolute atomic E-state index is 0.0203. The average Bonchev–Trinajstić information content (AvgIpc) is 2.83. The van der Waals surface area contributed by atoms with Gasteiger partial charge in [-0.1, -0.05) is 6.07 Å². The number of anilines is 1. The Balaban J connectivity index is 2.16. The summed E-state index contributed by atoms with van der Waals surface area (Å²) in [5.41, 5.74) is 3.06. The summed E-state index contributed by atoms with van der Waals surface area (Å²) in [6.07, 6.45) is 1.65. The number of urea groups is 1. The number of carboxylic acid groups (broad SMARTS) is 1. The van der Waals surface area contributed by atoms with Crippen molar-refractivity contribution < 1.29 is 14.7 Å². The van der Waals surface area contributed by atoms with E-state index in [9.17, 15) is 9.59 Å². The SMILES string of the molecule is Cc1cc(C)cc(N(C)C(=O)N2CCCC2CC(=O)O)c1. The molecule has 114 valence electrons. The van der Waals surface area contributed by atoms with Gasteiger partial charge in [-0.3, -0.25) is 9.69 Å². The highest BCUT2D eigenvalue weighted by atomic mass is 16.4. The van der Waals surface area contributed by atoms with Crippen molar-refractivity contribution in [2.45, 2.75) is 39.2 Å². The molecule has 2 amide bonds. The van der Waals surface area contributed by atoms with Crippen molar-refractivity contribution in [3.8, 4) is 0 Å². The van der Waals surface area contributed by atoms with E-state index in [1.54, 1.807) is 16.8 Å². The molecule has 2 rings (SSSR count). The van der Waals surface area contributed by atoms with E-state index < -0.39 is 5.97 Å². The summed E-state index contributed by atoms with van der Waals surface area (Å²) < 4.78 is 0. The molecule has 0 aliphatic carbocycles. The summed E-state index contributed by atoms with van der Waals surface area (Å²) in [6, 6.07) is 5.68. The molecule has 5 heteroatoms. The van der Waals surface area contributed by atoms with Crippen LogP contribution in [-0.4, -0.2) is 41.6 Å². The Bertz CT molecular complexity index is 536. The van der Waals surface area contributed by atoms with E-state index in [4.69, 9.17) is 5.11 Å². The molecule has 1 fully saturated rings. The molecule has 1 aliphatic heterocycles. The Kier molecular flexibility index (Phi) is 4.50. The van der Waals surface area contributed by atoms with Crippen LogP contribution in [0.15, 0.2) is 18.2 Å². The van der Waals surface area contributed by atoms with Crippen molar-refractivity contribution in [3.63, 3.8) is 0 Å². The van der Waals surface area contributed by atoms with Gasteiger partial charge in [0.1, 0.15) is 0 Å². The van der Waals surface area contributed by atoms with Crippen LogP contribution in [0.25, 0.3) is 0 Å². The number of hydrogen-bond acceptors (Lipinski definition) is 2. The van der Waals surface area contributed by atoms with Crippen molar-refractivity contribution in [2.75, 3.05) is 18.5 Å². The molecule has 0 saturated carbocycles. The lowest BCUT2D eigenvalue weighted by Crippen LogP contribution is -2.44. The summed E-state index contributed by atoms with van der Waals surface area (Å²) in [6.45, 7) is 4.63. The molecule has 1 unspecified atom stereocenters. The van der Waals surface area contributed by atoms with E-state index >= 15 is 0 Å². The first-order valence-corrected chi connectivity index (χ1v) is 7.23. The zero-order chi connectivity index (χ0) is 15.6. The monoisotopic (exact) mass is 290 g/mol. The lowest BCUT2D eigenvalue weighted by atomic mass is 10.1. The molecule has 0 aromatic heterocycles. The van der Waals surface area contributed by atoms with E-state index in [1.807, 2.05) is 26.0 Å². The number of amides is 2. The molecule has 5 nitrogen and oxygen atoms in total. The van der Waals surface area contributed by atoms with Crippen LogP contribution in [0.4, 0.5) is 10.5 Å². The van der Waals surface area contributed by atoms with Crippen LogP contribution in [0.3, 0.4) is 0 Å². The van der Waals surface area contributed by atoms with Gasteiger partial charge < -0.3 is 10.0 Å². The van der Waals surface area contributed by atoms with Crippen LogP contribution in [0.2, 0.25) is 0 Å². The van der Waals surface area contributed by atoms with Crippen molar-refractivity contribution >= 4 is 17.7 Å². The molecule has 0 bridgehead atoms. The Labute approximate surface area is 125 Å². The van der Waals surface area contributed by atoms with Gasteiger partial charge in [-0.25, -0.2) is 4.79 Å². The standard InChI is InChI=1S/C16H22N2O3/c1-11-7-12(2)9-14(8-11)17(3)16(21)18-6-4-5-13(18)10-15(19)20/h7-9,13H,4-6,10H2,1-3H3,(H,19,20). The fourth-order valence-corrected chi connectivity index (χ4v) is 2.95. The fraction of sp³-hybridized carbons (Fsp3) is 0.500. The van der Waals surface area contributed by atoms with Crippen LogP contribution in [0.5, 0.6) is 0 Å². The number of aryl methyl sites for hydroxylation is 2. The lowest BCUT2D eigenvalue weighted by Gasteiger charge is -2.29. The van der Waals surface area contributed by atoms with Crippen molar-refractivity contribution in [1.29, 1.82) is 0 Å². The summed E-state index contributed by atoms with van der Waals surface area (Å²) in [7, 11) is 1.74. The van der Waals surface area contributed by atoms with E-state index in [0.717, 1.165) is 29.7 Å². The van der Waals surface area contributed by atoms with Crippen molar-refractivity contribution in [3.05, 3.63) is 29.3 Å². The first kappa shape index (κ1) is 15.4. The second kappa shape index (κ2) is 6.16. The molecule has 1 aliphatic rings. The number of carboxylic acids is 1. The summed E-state index contributed by atoms with van der Waals surface area (Å²) in [5, 5.41) is 8.95. The van der Waals surface area contributed by atoms with E-state index in [-0.39, 0.29) is 18.5 Å². The predicted octanol–water partition coefficient (Wildman–Crippen LogP) is 2.80. The number of rotatable bonds is 3. The highest BCUT2D eigenvalue weighted by molar-refractivity contribution is 5.92. The summed E-state index contributed by atoms with van der Waals surface area (Å²) in [4.78, 5) is 26.8. The average molecular weight is 290 g/mol. The van der Waals surface area contributed by atoms with Crippen LogP contribution in [-0.2, 0) is 4.79 Å². The zero-order valence-electron chi connectivity index (χ0n) is 12.8. The van der Waals surface area contributed by atoms with Gasteiger partial charge in [0.25, 0.3) is 0 Å². The number of carbonyl (C=O) groups excluding carboxylic acids is 1. The zero-order valence-corrected chi connectivity index (χ0v) is 12.8. The normalized spacial score (nSPS) is 17.9. The van der Waals surface area contributed by atoms with Crippen molar-refractivity contribution in [2.24, 2.45) is 0 Å². The first-order valence-electron chi connectivity index (χ1n) is 7.23. The molecule has 1 N–H and O–H groups in total. The third-order valence-electron chi connectivity index (χ3n) is 3.91. The highest BCUT2D eigenvalue weighted by Gasteiger charge is 2.32. The van der Waals surface area contributed by atoms with Gasteiger partial charge in [-0.05, 0) is 49.9 Å². The van der Waals surface area contributed by atoms with E-state index in [1.165, 1.54) is 0 Å². The van der Waals surface area contributed by atoms with Crippen LogP contribution < -0.4 is 4.90 Å². The molecule has 1 saturated heterocycles. The fourth-order valence-electron chi connectivity index (χ4n) is 2.95. The molecule has 1 aromatic rings. The molecule has 0 radical (unpaired) electrons. The Hall–Kier alpha value is -2.04. The highest BCUT2D eigenvalue weighted by Crippen LogP contribution is 2.24. The third kappa shape index (κ3) is 3.54. The summed E-state index contributed by atoms with van der Waals surface area (Å²) >= 11 is 0. The molecule has 1 atom stereocenters. The second-order valence-corrected chi connectivity index (χ2v) is 5.77. The van der Waals surface area contributed by atoms with Gasteiger partial charge in [0.05, 0.1) is 6.42 Å². The third-order valence-corrected chi connectivity index (χ3v) is 3.91.